The molecule has 2 aromatic carbocycles. The first-order valence-electron chi connectivity index (χ1n) is 8.33. The van der Waals surface area contributed by atoms with Gasteiger partial charge in [0.25, 0.3) is 5.69 Å². The van der Waals surface area contributed by atoms with Gasteiger partial charge in [-0.1, -0.05) is 24.3 Å². The second-order valence-electron chi connectivity index (χ2n) is 6.16. The van der Waals surface area contributed by atoms with Crippen LogP contribution < -0.4 is 0 Å². The van der Waals surface area contributed by atoms with Crippen LogP contribution in [-0.4, -0.2) is 26.8 Å². The fraction of sp³-hybridized carbons (Fsp3) is 0.0952. The SMILES string of the molecule is Cc1ccc(-c2ncc3ccccc3n2)nc1-c1ccc([N+](C)=O)cc1. The molecule has 0 atom stereocenters. The highest BCUT2D eigenvalue weighted by Crippen LogP contribution is 2.26. The fourth-order valence-electron chi connectivity index (χ4n) is 2.87. The predicted molar refractivity (Wildman–Crippen MR) is 102 cm³/mol. The number of nitroso groups, excluding NO2 is 1. The number of aromatic nitrogens is 3. The molecule has 0 bridgehead atoms. The van der Waals surface area contributed by atoms with Crippen LogP contribution in [0.3, 0.4) is 0 Å². The van der Waals surface area contributed by atoms with Crippen molar-refractivity contribution in [3.63, 3.8) is 0 Å². The largest absolute Gasteiger partial charge is 0.255 e. The molecule has 0 saturated heterocycles. The van der Waals surface area contributed by atoms with Gasteiger partial charge < -0.3 is 0 Å². The Morgan fingerprint density at radius 3 is 2.42 bits per heavy atom. The van der Waals surface area contributed by atoms with Crippen molar-refractivity contribution in [1.29, 1.82) is 0 Å². The van der Waals surface area contributed by atoms with E-state index in [2.05, 4.69) is 9.97 Å². The number of para-hydroxylation sites is 1. The third-order valence-corrected chi connectivity index (χ3v) is 4.32. The molecule has 4 aromatic rings. The average Bonchev–Trinajstić information content (AvgIpc) is 2.68. The van der Waals surface area contributed by atoms with E-state index in [0.29, 0.717) is 11.5 Å². The Bertz CT molecular complexity index is 1120. The maximum Gasteiger partial charge on any atom is 0.255 e. The van der Waals surface area contributed by atoms with Gasteiger partial charge in [0.1, 0.15) is 5.69 Å². The van der Waals surface area contributed by atoms with Crippen LogP contribution in [0, 0.1) is 11.8 Å². The molecule has 0 aliphatic rings. The van der Waals surface area contributed by atoms with Gasteiger partial charge in [0, 0.05) is 38.9 Å². The summed E-state index contributed by atoms with van der Waals surface area (Å²) in [6.07, 6.45) is 1.82. The second-order valence-corrected chi connectivity index (χ2v) is 6.16. The molecule has 0 saturated carbocycles. The van der Waals surface area contributed by atoms with E-state index in [4.69, 9.17) is 4.98 Å². The number of pyridine rings is 1. The van der Waals surface area contributed by atoms with Crippen molar-refractivity contribution in [3.05, 3.63) is 77.3 Å². The number of rotatable bonds is 3. The molecule has 0 aliphatic carbocycles. The van der Waals surface area contributed by atoms with Crippen molar-refractivity contribution in [2.45, 2.75) is 6.92 Å². The summed E-state index contributed by atoms with van der Waals surface area (Å²) in [6, 6.07) is 19.2. The molecule has 5 heteroatoms. The van der Waals surface area contributed by atoms with Gasteiger partial charge in [-0.15, -0.1) is 0 Å². The lowest BCUT2D eigenvalue weighted by molar-refractivity contribution is -0.428. The number of nitrogens with zero attached hydrogens (tertiary/aromatic N) is 4. The van der Waals surface area contributed by atoms with Gasteiger partial charge >= 0.3 is 0 Å². The molecular weight excluding hydrogens is 324 g/mol. The van der Waals surface area contributed by atoms with E-state index in [1.54, 1.807) is 12.1 Å². The van der Waals surface area contributed by atoms with E-state index in [1.165, 1.54) is 7.05 Å². The standard InChI is InChI=1S/C21H17N4O/c1-14-7-12-19(21-22-13-16-5-3-4-6-18(16)24-21)23-20(14)15-8-10-17(11-9-15)25(2)26/h3-13H,1-2H3/q+1. The zero-order chi connectivity index (χ0) is 18.1. The summed E-state index contributed by atoms with van der Waals surface area (Å²) in [6.45, 7) is 2.01. The quantitative estimate of drug-likeness (QED) is 0.507. The summed E-state index contributed by atoms with van der Waals surface area (Å²) in [5, 5.41) is 1.00. The lowest BCUT2D eigenvalue weighted by Gasteiger charge is -2.08. The van der Waals surface area contributed by atoms with Crippen LogP contribution in [0.5, 0.6) is 0 Å². The molecule has 5 nitrogen and oxygen atoms in total. The molecule has 0 aliphatic heterocycles. The van der Waals surface area contributed by atoms with Crippen LogP contribution in [0.1, 0.15) is 5.56 Å². The van der Waals surface area contributed by atoms with Gasteiger partial charge in [-0.2, -0.15) is 0 Å². The molecule has 0 unspecified atom stereocenters. The molecule has 4 rings (SSSR count). The van der Waals surface area contributed by atoms with E-state index in [1.807, 2.05) is 61.7 Å². The van der Waals surface area contributed by atoms with Crippen molar-refractivity contribution < 1.29 is 4.76 Å². The van der Waals surface area contributed by atoms with Gasteiger partial charge in [0.05, 0.1) is 11.2 Å². The van der Waals surface area contributed by atoms with Crippen molar-refractivity contribution in [1.82, 2.24) is 15.0 Å². The number of fused-ring (bicyclic) bond motifs is 1. The molecule has 0 spiro atoms. The lowest BCUT2D eigenvalue weighted by atomic mass is 10.1. The van der Waals surface area contributed by atoms with Crippen LogP contribution in [0.2, 0.25) is 0 Å². The Morgan fingerprint density at radius 1 is 0.885 bits per heavy atom. The monoisotopic (exact) mass is 341 g/mol. The zero-order valence-corrected chi connectivity index (χ0v) is 14.5. The maximum atomic E-state index is 11.4. The molecule has 0 fully saturated rings. The van der Waals surface area contributed by atoms with Crippen molar-refractivity contribution in [3.8, 4) is 22.8 Å². The molecule has 126 valence electrons. The van der Waals surface area contributed by atoms with Gasteiger partial charge in [0.2, 0.25) is 0 Å². The van der Waals surface area contributed by atoms with Crippen molar-refractivity contribution in [2.75, 3.05) is 7.05 Å². The minimum atomic E-state index is 0.598. The summed E-state index contributed by atoms with van der Waals surface area (Å²) < 4.78 is 0.837. The van der Waals surface area contributed by atoms with E-state index >= 15 is 0 Å². The van der Waals surface area contributed by atoms with Gasteiger partial charge in [0.15, 0.2) is 12.9 Å². The molecule has 2 heterocycles. The molecular formula is C21H17N4O+. The normalized spacial score (nSPS) is 10.8. The predicted octanol–water partition coefficient (Wildman–Crippen LogP) is 4.71. The van der Waals surface area contributed by atoms with Crippen LogP contribution in [-0.2, 0) is 0 Å². The minimum Gasteiger partial charge on any atom is -0.244 e. The average molecular weight is 341 g/mol. The Balaban J connectivity index is 1.78. The highest BCUT2D eigenvalue weighted by molar-refractivity contribution is 5.79. The smallest absolute Gasteiger partial charge is 0.244 e. The minimum absolute atomic E-state index is 0.598. The second kappa shape index (κ2) is 6.44. The van der Waals surface area contributed by atoms with Gasteiger partial charge in [-0.25, -0.2) is 15.0 Å². The number of aryl methyl sites for hydroxylation is 1. The highest BCUT2D eigenvalue weighted by atomic mass is 16.3. The first kappa shape index (κ1) is 16.0. The maximum absolute atomic E-state index is 11.4. The summed E-state index contributed by atoms with van der Waals surface area (Å²) in [5.74, 6) is 0.598. The first-order valence-corrected chi connectivity index (χ1v) is 8.33. The molecule has 0 N–H and O–H groups in total. The van der Waals surface area contributed by atoms with Crippen LogP contribution in [0.25, 0.3) is 33.7 Å². The van der Waals surface area contributed by atoms with E-state index in [9.17, 15) is 4.91 Å². The third-order valence-electron chi connectivity index (χ3n) is 4.32. The van der Waals surface area contributed by atoms with Crippen LogP contribution in [0.4, 0.5) is 5.69 Å². The molecule has 0 radical (unpaired) electrons. The van der Waals surface area contributed by atoms with Crippen molar-refractivity contribution in [2.24, 2.45) is 0 Å². The highest BCUT2D eigenvalue weighted by Gasteiger charge is 2.12. The Labute approximate surface area is 151 Å². The van der Waals surface area contributed by atoms with Crippen LogP contribution >= 0.6 is 0 Å². The number of hydrogen-bond acceptors (Lipinski definition) is 4. The fourth-order valence-corrected chi connectivity index (χ4v) is 2.87. The lowest BCUT2D eigenvalue weighted by Crippen LogP contribution is -1.96. The van der Waals surface area contributed by atoms with Gasteiger partial charge in [-0.3, -0.25) is 0 Å². The topological polar surface area (TPSA) is 58.8 Å². The first-order chi connectivity index (χ1) is 12.6. The zero-order valence-electron chi connectivity index (χ0n) is 14.5. The molecule has 2 aromatic heterocycles. The number of hydrogen-bond donors (Lipinski definition) is 0. The summed E-state index contributed by atoms with van der Waals surface area (Å²) >= 11 is 0. The molecule has 26 heavy (non-hydrogen) atoms. The van der Waals surface area contributed by atoms with E-state index < -0.39 is 0 Å². The van der Waals surface area contributed by atoms with Crippen LogP contribution in [0.15, 0.2) is 66.9 Å². The Kier molecular flexibility index (Phi) is 3.97. The van der Waals surface area contributed by atoms with E-state index in [0.717, 1.165) is 38.2 Å². The summed E-state index contributed by atoms with van der Waals surface area (Å²) in [4.78, 5) is 25.3. The van der Waals surface area contributed by atoms with E-state index in [-0.39, 0.29) is 0 Å². The third kappa shape index (κ3) is 2.95. The summed E-state index contributed by atoms with van der Waals surface area (Å²) in [7, 11) is 1.48. The van der Waals surface area contributed by atoms with Gasteiger partial charge in [-0.05, 0) is 36.8 Å². The number of benzene rings is 2. The Morgan fingerprint density at radius 2 is 1.65 bits per heavy atom. The van der Waals surface area contributed by atoms with Crippen molar-refractivity contribution >= 4 is 16.6 Å². The Hall–Kier alpha value is -3.47. The molecule has 0 amide bonds. The summed E-state index contributed by atoms with van der Waals surface area (Å²) in [5.41, 5.74) is 5.10.